The Bertz CT molecular complexity index is 1390. The number of fused-ring (bicyclic) bond motifs is 1. The highest BCUT2D eigenvalue weighted by Crippen LogP contribution is 2.39. The predicted molar refractivity (Wildman–Crippen MR) is 115 cm³/mol. The van der Waals surface area contributed by atoms with Gasteiger partial charge in [-0.2, -0.15) is 13.2 Å². The molecule has 1 saturated heterocycles. The Hall–Kier alpha value is -3.49. The molecule has 1 atom stereocenters. The fourth-order valence-corrected chi connectivity index (χ4v) is 4.45. The molecule has 4 rings (SSSR count). The third-order valence-corrected chi connectivity index (χ3v) is 7.00. The van der Waals surface area contributed by atoms with Crippen LogP contribution < -0.4 is 15.5 Å². The summed E-state index contributed by atoms with van der Waals surface area (Å²) in [6.07, 6.45) is -1.62. The lowest BCUT2D eigenvalue weighted by molar-refractivity contribution is -0.158. The number of amides is 2. The number of hydrogen-bond donors (Lipinski definition) is 2. The summed E-state index contributed by atoms with van der Waals surface area (Å²) in [5.74, 6) is -2.77. The molecule has 9 nitrogen and oxygen atoms in total. The average molecular weight is 519 g/mol. The number of nitrogens with zero attached hydrogens (tertiary/aromatic N) is 3. The molecule has 2 amide bonds. The van der Waals surface area contributed by atoms with Crippen LogP contribution in [0.5, 0.6) is 0 Å². The van der Waals surface area contributed by atoms with Crippen molar-refractivity contribution in [2.45, 2.75) is 24.4 Å². The van der Waals surface area contributed by atoms with E-state index in [-0.39, 0.29) is 35.7 Å². The van der Waals surface area contributed by atoms with Gasteiger partial charge in [-0.25, -0.2) is 32.0 Å². The van der Waals surface area contributed by atoms with Gasteiger partial charge in [-0.15, -0.1) is 0 Å². The zero-order valence-electron chi connectivity index (χ0n) is 18.2. The first-order valence-electron chi connectivity index (χ1n) is 10.0. The van der Waals surface area contributed by atoms with Crippen LogP contribution in [0.4, 0.5) is 38.4 Å². The van der Waals surface area contributed by atoms with E-state index in [4.69, 9.17) is 4.42 Å². The molecule has 2 aromatic heterocycles. The minimum absolute atomic E-state index is 0.0400. The molecular formula is C20H18F5N5O4S. The Kier molecular flexibility index (Phi) is 6.07. The number of benzene rings is 1. The maximum atomic E-state index is 14.0. The van der Waals surface area contributed by atoms with Crippen LogP contribution in [-0.2, 0) is 9.84 Å². The number of rotatable bonds is 5. The fraction of sp³-hybridized carbons (Fsp3) is 0.350. The summed E-state index contributed by atoms with van der Waals surface area (Å²) in [5, 5.41) is 3.15. The van der Waals surface area contributed by atoms with E-state index in [1.54, 1.807) is 10.2 Å². The number of sulfone groups is 1. The zero-order chi connectivity index (χ0) is 25.7. The monoisotopic (exact) mass is 519 g/mol. The van der Waals surface area contributed by atoms with Crippen molar-refractivity contribution in [2.75, 3.05) is 29.6 Å². The number of carbonyl (C=O) groups excluding carboxylic acids is 1. The van der Waals surface area contributed by atoms with Gasteiger partial charge in [-0.05, 0) is 13.0 Å². The summed E-state index contributed by atoms with van der Waals surface area (Å²) in [4.78, 5) is 21.8. The minimum Gasteiger partial charge on any atom is -0.455 e. The van der Waals surface area contributed by atoms with Crippen LogP contribution in [0.25, 0.3) is 11.0 Å². The summed E-state index contributed by atoms with van der Waals surface area (Å²) in [6.45, 7) is 1.58. The number of alkyl halides is 3. The summed E-state index contributed by atoms with van der Waals surface area (Å²) in [7, 11) is -3.20. The van der Waals surface area contributed by atoms with Crippen molar-refractivity contribution in [1.29, 1.82) is 0 Å². The Labute approximate surface area is 195 Å². The van der Waals surface area contributed by atoms with E-state index in [0.717, 1.165) is 24.7 Å². The highest BCUT2D eigenvalue weighted by atomic mass is 32.2. The van der Waals surface area contributed by atoms with E-state index >= 15 is 0 Å². The molecule has 0 saturated carbocycles. The first kappa shape index (κ1) is 24.6. The van der Waals surface area contributed by atoms with E-state index < -0.39 is 56.3 Å². The van der Waals surface area contributed by atoms with E-state index in [2.05, 4.69) is 15.3 Å². The molecule has 3 aromatic rings. The zero-order valence-corrected chi connectivity index (χ0v) is 19.0. The standard InChI is InChI=1S/C20H18F5N5O4S/c1-9-13-3-10(21)4-14(22)16(13)34-15(9)17(20(23,24)25)29-19(31)28-11-5-26-18(27-6-11)30-7-12(8-30)35(2,32)33/h3-6,12,17H,7-8H2,1-2H3,(H2,28,29,31). The third kappa shape index (κ3) is 4.99. The first-order valence-corrected chi connectivity index (χ1v) is 12.0. The minimum atomic E-state index is -5.03. The highest BCUT2D eigenvalue weighted by Gasteiger charge is 2.45. The highest BCUT2D eigenvalue weighted by molar-refractivity contribution is 7.91. The van der Waals surface area contributed by atoms with Crippen LogP contribution in [0.1, 0.15) is 17.4 Å². The molecule has 0 bridgehead atoms. The number of carbonyl (C=O) groups is 1. The molecule has 1 aliphatic heterocycles. The number of aromatic nitrogens is 2. The van der Waals surface area contributed by atoms with Crippen molar-refractivity contribution in [3.63, 3.8) is 0 Å². The molecular weight excluding hydrogens is 501 g/mol. The van der Waals surface area contributed by atoms with Crippen LogP contribution >= 0.6 is 0 Å². The number of nitrogens with one attached hydrogen (secondary N) is 2. The smallest absolute Gasteiger partial charge is 0.416 e. The molecule has 35 heavy (non-hydrogen) atoms. The van der Waals surface area contributed by atoms with Gasteiger partial charge in [0.2, 0.25) is 5.95 Å². The number of urea groups is 1. The largest absolute Gasteiger partial charge is 0.455 e. The molecule has 2 N–H and O–H groups in total. The summed E-state index contributed by atoms with van der Waals surface area (Å²) >= 11 is 0. The van der Waals surface area contributed by atoms with E-state index in [9.17, 15) is 35.2 Å². The van der Waals surface area contributed by atoms with Crippen molar-refractivity contribution in [3.8, 4) is 0 Å². The topological polar surface area (TPSA) is 117 Å². The SMILES string of the molecule is Cc1c(C(NC(=O)Nc2cnc(N3CC(S(C)(=O)=O)C3)nc2)C(F)(F)F)oc2c(F)cc(F)cc12. The quantitative estimate of drug-likeness (QED) is 0.496. The van der Waals surface area contributed by atoms with Gasteiger partial charge >= 0.3 is 12.2 Å². The Balaban J connectivity index is 1.48. The molecule has 15 heteroatoms. The van der Waals surface area contributed by atoms with Gasteiger partial charge in [0.25, 0.3) is 0 Å². The predicted octanol–water partition coefficient (Wildman–Crippen LogP) is 3.47. The molecule has 1 aromatic carbocycles. The van der Waals surface area contributed by atoms with Gasteiger partial charge in [0.15, 0.2) is 27.3 Å². The van der Waals surface area contributed by atoms with Crippen LogP contribution in [0, 0.1) is 18.6 Å². The fourth-order valence-electron chi connectivity index (χ4n) is 3.55. The van der Waals surface area contributed by atoms with E-state index in [1.807, 2.05) is 0 Å². The van der Waals surface area contributed by atoms with Crippen LogP contribution in [-0.4, -0.2) is 55.2 Å². The lowest BCUT2D eigenvalue weighted by atomic mass is 10.1. The van der Waals surface area contributed by atoms with Gasteiger partial charge in [-0.3, -0.25) is 0 Å². The number of halogens is 5. The van der Waals surface area contributed by atoms with E-state index in [1.165, 1.54) is 6.92 Å². The Morgan fingerprint density at radius 3 is 2.40 bits per heavy atom. The number of aryl methyl sites for hydroxylation is 1. The molecule has 0 radical (unpaired) electrons. The van der Waals surface area contributed by atoms with Crippen LogP contribution in [0.15, 0.2) is 28.9 Å². The molecule has 3 heterocycles. The summed E-state index contributed by atoms with van der Waals surface area (Å²) < 4.78 is 96.8. The van der Waals surface area contributed by atoms with Crippen molar-refractivity contribution < 1.29 is 39.6 Å². The summed E-state index contributed by atoms with van der Waals surface area (Å²) in [6, 6.07) is -2.63. The van der Waals surface area contributed by atoms with Crippen LogP contribution in [0.3, 0.4) is 0 Å². The van der Waals surface area contributed by atoms with Crippen molar-refractivity contribution in [1.82, 2.24) is 15.3 Å². The van der Waals surface area contributed by atoms with Crippen molar-refractivity contribution in [3.05, 3.63) is 47.5 Å². The third-order valence-electron chi connectivity index (χ3n) is 5.49. The molecule has 1 fully saturated rings. The Morgan fingerprint density at radius 2 is 1.83 bits per heavy atom. The molecule has 1 unspecified atom stereocenters. The molecule has 188 valence electrons. The van der Waals surface area contributed by atoms with Gasteiger partial charge < -0.3 is 20.0 Å². The molecule has 1 aliphatic rings. The van der Waals surface area contributed by atoms with Crippen LogP contribution in [0.2, 0.25) is 0 Å². The second-order valence-electron chi connectivity index (χ2n) is 8.06. The van der Waals surface area contributed by atoms with Gasteiger partial charge in [-0.1, -0.05) is 0 Å². The lowest BCUT2D eigenvalue weighted by Crippen LogP contribution is -2.55. The first-order chi connectivity index (χ1) is 16.2. The average Bonchev–Trinajstić information content (AvgIpc) is 3.01. The lowest BCUT2D eigenvalue weighted by Gasteiger charge is -2.37. The summed E-state index contributed by atoms with van der Waals surface area (Å²) in [5.41, 5.74) is -0.791. The van der Waals surface area contributed by atoms with Gasteiger partial charge in [0.05, 0.1) is 23.3 Å². The number of furan rings is 1. The number of hydrogen-bond acceptors (Lipinski definition) is 7. The maximum absolute atomic E-state index is 14.0. The second-order valence-corrected chi connectivity index (χ2v) is 10.4. The van der Waals surface area contributed by atoms with Gasteiger partial charge in [0, 0.05) is 36.4 Å². The normalized spacial score (nSPS) is 15.7. The van der Waals surface area contributed by atoms with Crippen molar-refractivity contribution in [2.24, 2.45) is 0 Å². The van der Waals surface area contributed by atoms with Gasteiger partial charge in [0.1, 0.15) is 11.6 Å². The van der Waals surface area contributed by atoms with E-state index in [0.29, 0.717) is 6.07 Å². The second kappa shape index (κ2) is 8.62. The number of anilines is 2. The molecule has 0 spiro atoms. The Morgan fingerprint density at radius 1 is 1.20 bits per heavy atom. The van der Waals surface area contributed by atoms with Crippen molar-refractivity contribution >= 4 is 38.5 Å². The molecule has 0 aliphatic carbocycles. The maximum Gasteiger partial charge on any atom is 0.416 e.